The van der Waals surface area contributed by atoms with E-state index in [9.17, 15) is 14.0 Å². The molecule has 1 fully saturated rings. The van der Waals surface area contributed by atoms with Crippen LogP contribution in [0, 0.1) is 12.7 Å². The van der Waals surface area contributed by atoms with Gasteiger partial charge in [0, 0.05) is 37.6 Å². The highest BCUT2D eigenvalue weighted by molar-refractivity contribution is 6.11. The van der Waals surface area contributed by atoms with Crippen LogP contribution in [0.5, 0.6) is 0 Å². The Bertz CT molecular complexity index is 1050. The zero-order valence-corrected chi connectivity index (χ0v) is 17.2. The van der Waals surface area contributed by atoms with Gasteiger partial charge in [0.2, 0.25) is 0 Å². The Morgan fingerprint density at radius 3 is 2.50 bits per heavy atom. The second-order valence-electron chi connectivity index (χ2n) is 8.25. The number of amides is 1. The summed E-state index contributed by atoms with van der Waals surface area (Å²) in [6, 6.07) is 1.05. The lowest BCUT2D eigenvalue weighted by atomic mass is 9.98. The first-order valence-corrected chi connectivity index (χ1v) is 9.63. The van der Waals surface area contributed by atoms with Crippen molar-refractivity contribution in [2.24, 2.45) is 7.05 Å². The van der Waals surface area contributed by atoms with Crippen molar-refractivity contribution >= 4 is 28.3 Å². The molecule has 2 aliphatic heterocycles. The molecule has 4 heterocycles. The normalized spacial score (nSPS) is 22.8. The van der Waals surface area contributed by atoms with Crippen LogP contribution in [0.15, 0.2) is 10.9 Å². The first-order chi connectivity index (χ1) is 13.1. The summed E-state index contributed by atoms with van der Waals surface area (Å²) in [5, 5.41) is 0.570. The number of carbonyl (C=O) groups is 1. The van der Waals surface area contributed by atoms with Crippen molar-refractivity contribution in [3.8, 4) is 0 Å². The molecular weight excluding hydrogens is 361 g/mol. The molecule has 150 valence electrons. The molecule has 2 aliphatic rings. The third-order valence-electron chi connectivity index (χ3n) is 6.05. The van der Waals surface area contributed by atoms with Crippen LogP contribution in [0.2, 0.25) is 0 Å². The lowest BCUT2D eigenvalue weighted by Gasteiger charge is -2.50. The molecule has 0 saturated carbocycles. The van der Waals surface area contributed by atoms with E-state index in [-0.39, 0.29) is 29.2 Å². The summed E-state index contributed by atoms with van der Waals surface area (Å²) >= 11 is 0. The largest absolute Gasteiger partial charge is 0.354 e. The smallest absolute Gasteiger partial charge is 0.278 e. The molecule has 7 nitrogen and oxygen atoms in total. The summed E-state index contributed by atoms with van der Waals surface area (Å²) < 4.78 is 15.9. The average molecular weight is 387 g/mol. The third-order valence-corrected chi connectivity index (χ3v) is 6.05. The molecule has 2 unspecified atom stereocenters. The fraction of sp³-hybridized carbons (Fsp3) is 0.550. The fourth-order valence-electron chi connectivity index (χ4n) is 4.33. The van der Waals surface area contributed by atoms with Crippen molar-refractivity contribution in [3.63, 3.8) is 0 Å². The monoisotopic (exact) mass is 387 g/mol. The number of aromatic nitrogens is 2. The number of piperazine rings is 1. The SMILES string of the molecule is Cc1nc2c(cc1F)c1c(c(=O)n2C)N(C(C)C)C(=O)C2CN(C)C(C)CN12. The molecular formula is C20H26FN5O2. The van der Waals surface area contributed by atoms with E-state index in [2.05, 4.69) is 16.8 Å². The number of hydrogen-bond acceptors (Lipinski definition) is 5. The molecule has 0 radical (unpaired) electrons. The molecule has 0 spiro atoms. The highest BCUT2D eigenvalue weighted by Gasteiger charge is 2.45. The van der Waals surface area contributed by atoms with E-state index in [1.165, 1.54) is 10.6 Å². The predicted octanol–water partition coefficient (Wildman–Crippen LogP) is 1.64. The van der Waals surface area contributed by atoms with E-state index in [0.717, 1.165) is 0 Å². The standard InChI is InChI=1S/C20H26FN5O2/c1-10(2)26-17-16(25-8-11(3)23(5)9-15(25)19(26)27)13-7-14(21)12(4)22-18(13)24(6)20(17)28/h7,10-11,15H,8-9H2,1-6H3. The minimum Gasteiger partial charge on any atom is -0.354 e. The van der Waals surface area contributed by atoms with Crippen LogP contribution < -0.4 is 15.4 Å². The van der Waals surface area contributed by atoms with E-state index in [1.807, 2.05) is 25.8 Å². The predicted molar refractivity (Wildman–Crippen MR) is 108 cm³/mol. The van der Waals surface area contributed by atoms with Crippen LogP contribution in [-0.4, -0.2) is 58.6 Å². The zero-order valence-electron chi connectivity index (χ0n) is 17.2. The number of fused-ring (bicyclic) bond motifs is 5. The van der Waals surface area contributed by atoms with Crippen LogP contribution in [0.4, 0.5) is 15.8 Å². The first-order valence-electron chi connectivity index (χ1n) is 9.63. The number of likely N-dealkylation sites (N-methyl/N-ethyl adjacent to an activating group) is 1. The zero-order chi connectivity index (χ0) is 20.5. The molecule has 4 rings (SSSR count). The molecule has 2 aromatic heterocycles. The van der Waals surface area contributed by atoms with E-state index < -0.39 is 11.9 Å². The van der Waals surface area contributed by atoms with Gasteiger partial charge >= 0.3 is 0 Å². The van der Waals surface area contributed by atoms with E-state index in [1.54, 1.807) is 18.9 Å². The average Bonchev–Trinajstić information content (AvgIpc) is 2.62. The Morgan fingerprint density at radius 1 is 1.18 bits per heavy atom. The van der Waals surface area contributed by atoms with Gasteiger partial charge in [0.15, 0.2) is 0 Å². The van der Waals surface area contributed by atoms with Gasteiger partial charge in [0.05, 0.1) is 11.4 Å². The Kier molecular flexibility index (Phi) is 4.22. The number of anilines is 2. The number of hydrogen-bond donors (Lipinski definition) is 0. The Balaban J connectivity index is 2.12. The van der Waals surface area contributed by atoms with Gasteiger partial charge in [0.25, 0.3) is 11.5 Å². The summed E-state index contributed by atoms with van der Waals surface area (Å²) in [5.41, 5.74) is 1.35. The number of carbonyl (C=O) groups excluding carboxylic acids is 1. The summed E-state index contributed by atoms with van der Waals surface area (Å²) in [6.07, 6.45) is 0. The number of halogens is 1. The van der Waals surface area contributed by atoms with Crippen molar-refractivity contribution in [1.82, 2.24) is 14.5 Å². The number of aryl methyl sites for hydroxylation is 2. The van der Waals surface area contributed by atoms with Gasteiger partial charge in [-0.15, -0.1) is 0 Å². The van der Waals surface area contributed by atoms with Crippen LogP contribution >= 0.6 is 0 Å². The van der Waals surface area contributed by atoms with Gasteiger partial charge in [-0.1, -0.05) is 0 Å². The van der Waals surface area contributed by atoms with Gasteiger partial charge in [-0.2, -0.15) is 0 Å². The number of nitrogens with zero attached hydrogens (tertiary/aromatic N) is 5. The maximum Gasteiger partial charge on any atom is 0.278 e. The van der Waals surface area contributed by atoms with Gasteiger partial charge in [-0.25, -0.2) is 9.37 Å². The molecule has 1 saturated heterocycles. The second-order valence-corrected chi connectivity index (χ2v) is 8.25. The molecule has 8 heteroatoms. The summed E-state index contributed by atoms with van der Waals surface area (Å²) in [4.78, 5) is 36.7. The van der Waals surface area contributed by atoms with Gasteiger partial charge < -0.3 is 9.80 Å². The molecule has 1 amide bonds. The van der Waals surface area contributed by atoms with Crippen molar-refractivity contribution < 1.29 is 9.18 Å². The van der Waals surface area contributed by atoms with Gasteiger partial charge in [-0.05, 0) is 40.8 Å². The van der Waals surface area contributed by atoms with Crippen LogP contribution in [0.1, 0.15) is 26.5 Å². The Morgan fingerprint density at radius 2 is 1.86 bits per heavy atom. The van der Waals surface area contributed by atoms with Gasteiger partial charge in [-0.3, -0.25) is 19.1 Å². The van der Waals surface area contributed by atoms with Crippen LogP contribution in [0.3, 0.4) is 0 Å². The van der Waals surface area contributed by atoms with Crippen molar-refractivity contribution in [2.75, 3.05) is 29.9 Å². The minimum atomic E-state index is -0.417. The summed E-state index contributed by atoms with van der Waals surface area (Å²) in [6.45, 7) is 8.60. The topological polar surface area (TPSA) is 61.7 Å². The van der Waals surface area contributed by atoms with Crippen molar-refractivity contribution in [2.45, 2.75) is 45.8 Å². The molecule has 28 heavy (non-hydrogen) atoms. The highest BCUT2D eigenvalue weighted by atomic mass is 19.1. The maximum absolute atomic E-state index is 14.5. The lowest BCUT2D eigenvalue weighted by molar-refractivity contribution is -0.121. The molecule has 0 aliphatic carbocycles. The minimum absolute atomic E-state index is 0.0850. The van der Waals surface area contributed by atoms with Crippen molar-refractivity contribution in [3.05, 3.63) is 27.9 Å². The quantitative estimate of drug-likeness (QED) is 0.745. The lowest BCUT2D eigenvalue weighted by Crippen LogP contribution is -2.66. The third kappa shape index (κ3) is 2.47. The summed E-state index contributed by atoms with van der Waals surface area (Å²) in [5.74, 6) is -0.502. The Hall–Kier alpha value is -2.48. The fourth-order valence-corrected chi connectivity index (χ4v) is 4.33. The molecule has 2 aromatic rings. The molecule has 0 N–H and O–H groups in total. The van der Waals surface area contributed by atoms with Crippen molar-refractivity contribution in [1.29, 1.82) is 0 Å². The Labute approximate surface area is 163 Å². The highest BCUT2D eigenvalue weighted by Crippen LogP contribution is 2.41. The van der Waals surface area contributed by atoms with Crippen LogP contribution in [-0.2, 0) is 11.8 Å². The van der Waals surface area contributed by atoms with E-state index >= 15 is 0 Å². The molecule has 2 atom stereocenters. The second kappa shape index (κ2) is 6.27. The maximum atomic E-state index is 14.5. The van der Waals surface area contributed by atoms with E-state index in [4.69, 9.17) is 0 Å². The number of pyridine rings is 2. The summed E-state index contributed by atoms with van der Waals surface area (Å²) in [7, 11) is 3.62. The first kappa shape index (κ1) is 18.9. The number of rotatable bonds is 1. The molecule has 0 aromatic carbocycles. The molecule has 0 bridgehead atoms. The van der Waals surface area contributed by atoms with Crippen LogP contribution in [0.25, 0.3) is 11.0 Å². The van der Waals surface area contributed by atoms with E-state index in [0.29, 0.717) is 35.5 Å². The van der Waals surface area contributed by atoms with Gasteiger partial charge in [0.1, 0.15) is 23.2 Å².